The first-order valence-corrected chi connectivity index (χ1v) is 7.87. The zero-order chi connectivity index (χ0) is 12.8. The lowest BCUT2D eigenvalue weighted by Crippen LogP contribution is -2.26. The quantitative estimate of drug-likeness (QED) is 0.806. The standard InChI is InChI=1S/C12H16BrNOS2/c1-8(17-2)5-6-14-12(15)10-7-9(16)3-4-11(10)13/h3-4,7-8,16H,5-6H2,1-2H3,(H,14,15). The molecule has 0 saturated heterocycles. The van der Waals surface area contributed by atoms with E-state index in [1.165, 1.54) is 0 Å². The third kappa shape index (κ3) is 4.94. The largest absolute Gasteiger partial charge is 0.352 e. The van der Waals surface area contributed by atoms with Gasteiger partial charge in [0, 0.05) is 21.2 Å². The normalized spacial score (nSPS) is 12.2. The van der Waals surface area contributed by atoms with Gasteiger partial charge in [0.05, 0.1) is 5.56 Å². The lowest BCUT2D eigenvalue weighted by molar-refractivity contribution is 0.0952. The van der Waals surface area contributed by atoms with Crippen LogP contribution in [0.1, 0.15) is 23.7 Å². The van der Waals surface area contributed by atoms with Crippen molar-refractivity contribution in [2.75, 3.05) is 12.8 Å². The molecule has 1 aromatic rings. The van der Waals surface area contributed by atoms with Gasteiger partial charge >= 0.3 is 0 Å². The minimum absolute atomic E-state index is 0.0546. The Hall–Kier alpha value is -0.130. The van der Waals surface area contributed by atoms with Crippen LogP contribution in [0.15, 0.2) is 27.6 Å². The lowest BCUT2D eigenvalue weighted by atomic mass is 10.2. The van der Waals surface area contributed by atoms with E-state index in [0.29, 0.717) is 17.4 Å². The molecule has 1 N–H and O–H groups in total. The third-order valence-electron chi connectivity index (χ3n) is 2.43. The molecule has 94 valence electrons. The Morgan fingerprint density at radius 2 is 2.29 bits per heavy atom. The molecule has 0 aliphatic carbocycles. The average Bonchev–Trinajstić information content (AvgIpc) is 2.31. The van der Waals surface area contributed by atoms with Gasteiger partial charge in [0.25, 0.3) is 5.91 Å². The number of carbonyl (C=O) groups excluding carboxylic acids is 1. The van der Waals surface area contributed by atoms with Crippen LogP contribution >= 0.6 is 40.3 Å². The van der Waals surface area contributed by atoms with Crippen molar-refractivity contribution in [1.29, 1.82) is 0 Å². The van der Waals surface area contributed by atoms with E-state index in [0.717, 1.165) is 15.8 Å². The van der Waals surface area contributed by atoms with Crippen LogP contribution in [0.3, 0.4) is 0 Å². The summed E-state index contributed by atoms with van der Waals surface area (Å²) in [4.78, 5) is 12.7. The van der Waals surface area contributed by atoms with E-state index in [9.17, 15) is 4.79 Å². The highest BCUT2D eigenvalue weighted by Gasteiger charge is 2.10. The molecule has 0 aromatic heterocycles. The van der Waals surface area contributed by atoms with Gasteiger partial charge in [-0.1, -0.05) is 6.92 Å². The van der Waals surface area contributed by atoms with Gasteiger partial charge in [-0.3, -0.25) is 4.79 Å². The van der Waals surface area contributed by atoms with E-state index in [-0.39, 0.29) is 5.91 Å². The number of benzene rings is 1. The predicted molar refractivity (Wildman–Crippen MR) is 81.3 cm³/mol. The number of carbonyl (C=O) groups is 1. The molecule has 0 bridgehead atoms. The zero-order valence-electron chi connectivity index (χ0n) is 9.87. The van der Waals surface area contributed by atoms with Crippen molar-refractivity contribution in [3.8, 4) is 0 Å². The Morgan fingerprint density at radius 3 is 2.94 bits per heavy atom. The van der Waals surface area contributed by atoms with Crippen LogP contribution < -0.4 is 5.32 Å². The van der Waals surface area contributed by atoms with Gasteiger partial charge in [-0.25, -0.2) is 0 Å². The summed E-state index contributed by atoms with van der Waals surface area (Å²) in [5, 5.41) is 3.48. The SMILES string of the molecule is CSC(C)CCNC(=O)c1cc(S)ccc1Br. The number of halogens is 1. The van der Waals surface area contributed by atoms with Crippen LogP contribution in [0.4, 0.5) is 0 Å². The van der Waals surface area contributed by atoms with Crippen molar-refractivity contribution in [3.63, 3.8) is 0 Å². The number of nitrogens with one attached hydrogen (secondary N) is 1. The summed E-state index contributed by atoms with van der Waals surface area (Å²) in [5.74, 6) is -0.0546. The lowest BCUT2D eigenvalue weighted by Gasteiger charge is -2.10. The van der Waals surface area contributed by atoms with Crippen molar-refractivity contribution >= 4 is 46.2 Å². The first-order chi connectivity index (χ1) is 8.04. The molecular weight excluding hydrogens is 318 g/mol. The molecule has 2 nitrogen and oxygen atoms in total. The molecule has 1 rings (SSSR count). The van der Waals surface area contributed by atoms with Crippen LogP contribution in [0.2, 0.25) is 0 Å². The molecule has 0 saturated carbocycles. The summed E-state index contributed by atoms with van der Waals surface area (Å²) in [6, 6.07) is 5.45. The summed E-state index contributed by atoms with van der Waals surface area (Å²) in [6.45, 7) is 2.85. The summed E-state index contributed by atoms with van der Waals surface area (Å²) in [7, 11) is 0. The highest BCUT2D eigenvalue weighted by atomic mass is 79.9. The minimum Gasteiger partial charge on any atom is -0.352 e. The van der Waals surface area contributed by atoms with E-state index < -0.39 is 0 Å². The molecule has 0 spiro atoms. The molecule has 1 amide bonds. The van der Waals surface area contributed by atoms with Crippen molar-refractivity contribution in [1.82, 2.24) is 5.32 Å². The van der Waals surface area contributed by atoms with Crippen molar-refractivity contribution < 1.29 is 4.79 Å². The molecule has 0 radical (unpaired) electrons. The average molecular weight is 334 g/mol. The molecular formula is C12H16BrNOS2. The number of amides is 1. The monoisotopic (exact) mass is 333 g/mol. The fourth-order valence-corrected chi connectivity index (χ4v) is 2.27. The summed E-state index contributed by atoms with van der Waals surface area (Å²) in [5.41, 5.74) is 0.634. The van der Waals surface area contributed by atoms with Gasteiger partial charge in [0.2, 0.25) is 0 Å². The van der Waals surface area contributed by atoms with Gasteiger partial charge in [0.15, 0.2) is 0 Å². The van der Waals surface area contributed by atoms with Crippen LogP contribution in [-0.4, -0.2) is 24.0 Å². The number of rotatable bonds is 5. The van der Waals surface area contributed by atoms with Crippen LogP contribution in [0.25, 0.3) is 0 Å². The Kier molecular flexibility index (Phi) is 6.44. The Bertz CT molecular complexity index is 398. The molecule has 1 unspecified atom stereocenters. The first kappa shape index (κ1) is 14.9. The predicted octanol–water partition coefficient (Wildman–Crippen LogP) is 3.61. The van der Waals surface area contributed by atoms with Gasteiger partial charge in [0.1, 0.15) is 0 Å². The van der Waals surface area contributed by atoms with E-state index in [4.69, 9.17) is 0 Å². The van der Waals surface area contributed by atoms with Crippen molar-refractivity contribution in [2.45, 2.75) is 23.5 Å². The van der Waals surface area contributed by atoms with Crippen molar-refractivity contribution in [2.24, 2.45) is 0 Å². The smallest absolute Gasteiger partial charge is 0.252 e. The summed E-state index contributed by atoms with van der Waals surface area (Å²) in [6.07, 6.45) is 3.05. The van der Waals surface area contributed by atoms with Gasteiger partial charge < -0.3 is 5.32 Å². The second kappa shape index (κ2) is 7.34. The molecule has 17 heavy (non-hydrogen) atoms. The van der Waals surface area contributed by atoms with E-state index >= 15 is 0 Å². The zero-order valence-corrected chi connectivity index (χ0v) is 13.2. The summed E-state index contributed by atoms with van der Waals surface area (Å²) >= 11 is 9.40. The van der Waals surface area contributed by atoms with E-state index in [1.54, 1.807) is 17.8 Å². The highest BCUT2D eigenvalue weighted by molar-refractivity contribution is 9.10. The fourth-order valence-electron chi connectivity index (χ4n) is 1.29. The molecule has 0 aliphatic heterocycles. The number of hydrogen-bond acceptors (Lipinski definition) is 3. The van der Waals surface area contributed by atoms with Crippen LogP contribution in [-0.2, 0) is 0 Å². The second-order valence-electron chi connectivity index (χ2n) is 3.76. The second-order valence-corrected chi connectivity index (χ2v) is 6.40. The van der Waals surface area contributed by atoms with E-state index in [1.807, 2.05) is 12.1 Å². The van der Waals surface area contributed by atoms with Gasteiger partial charge in [-0.05, 0) is 46.8 Å². The highest BCUT2D eigenvalue weighted by Crippen LogP contribution is 2.20. The summed E-state index contributed by atoms with van der Waals surface area (Å²) < 4.78 is 0.797. The van der Waals surface area contributed by atoms with Gasteiger partial charge in [-0.15, -0.1) is 12.6 Å². The number of thiol groups is 1. The van der Waals surface area contributed by atoms with Gasteiger partial charge in [-0.2, -0.15) is 11.8 Å². The third-order valence-corrected chi connectivity index (χ3v) is 4.44. The Balaban J connectivity index is 2.55. The molecule has 1 aromatic carbocycles. The maximum Gasteiger partial charge on any atom is 0.252 e. The molecule has 0 heterocycles. The first-order valence-electron chi connectivity index (χ1n) is 5.34. The topological polar surface area (TPSA) is 29.1 Å². The number of thioether (sulfide) groups is 1. The van der Waals surface area contributed by atoms with Crippen LogP contribution in [0.5, 0.6) is 0 Å². The fraction of sp³-hybridized carbons (Fsp3) is 0.417. The Morgan fingerprint density at radius 1 is 1.59 bits per heavy atom. The maximum atomic E-state index is 11.9. The minimum atomic E-state index is -0.0546. The maximum absolute atomic E-state index is 11.9. The van der Waals surface area contributed by atoms with Crippen LogP contribution in [0, 0.1) is 0 Å². The molecule has 5 heteroatoms. The molecule has 1 atom stereocenters. The molecule has 0 aliphatic rings. The molecule has 0 fully saturated rings. The van der Waals surface area contributed by atoms with Crippen molar-refractivity contribution in [3.05, 3.63) is 28.2 Å². The Labute approximate surface area is 120 Å². The number of hydrogen-bond donors (Lipinski definition) is 2. The van der Waals surface area contributed by atoms with E-state index in [2.05, 4.69) is 47.1 Å².